The van der Waals surface area contributed by atoms with E-state index in [0.717, 1.165) is 6.54 Å². The fraction of sp³-hybridized carbons (Fsp3) is 1.00. The summed E-state index contributed by atoms with van der Waals surface area (Å²) in [5, 5.41) is 12.5. The maximum atomic E-state index is 9.29. The van der Waals surface area contributed by atoms with Crippen LogP contribution in [0.3, 0.4) is 0 Å². The molecule has 0 spiro atoms. The predicted octanol–water partition coefficient (Wildman–Crippen LogP) is -0.256. The molecule has 1 aliphatic rings. The summed E-state index contributed by atoms with van der Waals surface area (Å²) < 4.78 is 5.27. The first kappa shape index (κ1) is 7.98. The van der Waals surface area contributed by atoms with E-state index < -0.39 is 0 Å². The van der Waals surface area contributed by atoms with Crippen LogP contribution in [0, 0.1) is 0 Å². The summed E-state index contributed by atoms with van der Waals surface area (Å²) in [5.74, 6) is 0. The van der Waals surface area contributed by atoms with Crippen LogP contribution in [0.25, 0.3) is 0 Å². The molecule has 1 heterocycles. The number of nitrogens with one attached hydrogen (secondary N) is 1. The van der Waals surface area contributed by atoms with E-state index in [2.05, 4.69) is 5.32 Å². The van der Waals surface area contributed by atoms with Crippen LogP contribution >= 0.6 is 0 Å². The molecule has 1 rings (SSSR count). The van der Waals surface area contributed by atoms with E-state index >= 15 is 0 Å². The highest BCUT2D eigenvalue weighted by Crippen LogP contribution is 2.02. The second-order valence-corrected chi connectivity index (χ2v) is 2.91. The van der Waals surface area contributed by atoms with Crippen molar-refractivity contribution in [3.63, 3.8) is 0 Å². The van der Waals surface area contributed by atoms with Gasteiger partial charge >= 0.3 is 0 Å². The largest absolute Gasteiger partial charge is 0.389 e. The van der Waals surface area contributed by atoms with Gasteiger partial charge in [0.15, 0.2) is 0 Å². The van der Waals surface area contributed by atoms with Crippen molar-refractivity contribution in [3.05, 3.63) is 0 Å². The van der Waals surface area contributed by atoms with Gasteiger partial charge in [-0.15, -0.1) is 0 Å². The van der Waals surface area contributed by atoms with Crippen molar-refractivity contribution in [3.8, 4) is 0 Å². The molecule has 0 bridgehead atoms. The van der Waals surface area contributed by atoms with Gasteiger partial charge in [-0.25, -0.2) is 0 Å². The highest BCUT2D eigenvalue weighted by atomic mass is 16.5. The van der Waals surface area contributed by atoms with Crippen LogP contribution in [-0.2, 0) is 4.74 Å². The lowest BCUT2D eigenvalue weighted by molar-refractivity contribution is 0.0134. The first-order valence-electron chi connectivity index (χ1n) is 3.73. The molecule has 60 valence electrons. The fourth-order valence-electron chi connectivity index (χ4n) is 0.954. The van der Waals surface area contributed by atoms with Gasteiger partial charge in [-0.1, -0.05) is 0 Å². The molecule has 3 nitrogen and oxygen atoms in total. The van der Waals surface area contributed by atoms with Crippen molar-refractivity contribution in [2.75, 3.05) is 13.2 Å². The number of ether oxygens (including phenoxy) is 1. The van der Waals surface area contributed by atoms with Gasteiger partial charge in [0.2, 0.25) is 0 Å². The molecule has 0 saturated carbocycles. The van der Waals surface area contributed by atoms with E-state index in [1.54, 1.807) is 0 Å². The lowest BCUT2D eigenvalue weighted by atomic mass is 10.2. The zero-order valence-electron chi connectivity index (χ0n) is 6.50. The SMILES string of the molecule is CC1CNC(C)C(O)CO1. The number of rotatable bonds is 0. The maximum absolute atomic E-state index is 9.29. The average molecular weight is 145 g/mol. The maximum Gasteiger partial charge on any atom is 0.0923 e. The molecule has 3 unspecified atom stereocenters. The fourth-order valence-corrected chi connectivity index (χ4v) is 0.954. The number of hydrogen-bond acceptors (Lipinski definition) is 3. The second-order valence-electron chi connectivity index (χ2n) is 2.91. The molecule has 0 aromatic carbocycles. The monoisotopic (exact) mass is 145 g/mol. The number of hydrogen-bond donors (Lipinski definition) is 2. The Hall–Kier alpha value is -0.120. The Morgan fingerprint density at radius 1 is 1.50 bits per heavy atom. The molecule has 1 aliphatic heterocycles. The van der Waals surface area contributed by atoms with Gasteiger partial charge in [-0.05, 0) is 13.8 Å². The summed E-state index contributed by atoms with van der Waals surface area (Å²) in [4.78, 5) is 0. The molecule has 1 saturated heterocycles. The predicted molar refractivity (Wildman–Crippen MR) is 38.9 cm³/mol. The van der Waals surface area contributed by atoms with E-state index in [0.29, 0.717) is 6.61 Å². The Bertz CT molecular complexity index is 95.8. The van der Waals surface area contributed by atoms with E-state index in [4.69, 9.17) is 4.74 Å². The Morgan fingerprint density at radius 3 is 2.90 bits per heavy atom. The third-order valence-corrected chi connectivity index (χ3v) is 1.86. The lowest BCUT2D eigenvalue weighted by Crippen LogP contribution is -2.37. The normalized spacial score (nSPS) is 42.9. The number of aliphatic hydroxyl groups is 1. The van der Waals surface area contributed by atoms with Crippen molar-refractivity contribution < 1.29 is 9.84 Å². The van der Waals surface area contributed by atoms with E-state index in [1.807, 2.05) is 13.8 Å². The van der Waals surface area contributed by atoms with Gasteiger partial charge in [0.05, 0.1) is 18.8 Å². The Balaban J connectivity index is 2.38. The molecular formula is C7H15NO2. The Kier molecular flexibility index (Phi) is 2.65. The van der Waals surface area contributed by atoms with Crippen LogP contribution in [0.1, 0.15) is 13.8 Å². The minimum Gasteiger partial charge on any atom is -0.389 e. The molecule has 0 amide bonds. The summed E-state index contributed by atoms with van der Waals surface area (Å²) in [7, 11) is 0. The van der Waals surface area contributed by atoms with Gasteiger partial charge in [-0.2, -0.15) is 0 Å². The molecule has 10 heavy (non-hydrogen) atoms. The first-order chi connectivity index (χ1) is 4.70. The summed E-state index contributed by atoms with van der Waals surface area (Å²) >= 11 is 0. The smallest absolute Gasteiger partial charge is 0.0923 e. The molecule has 2 N–H and O–H groups in total. The van der Waals surface area contributed by atoms with Crippen LogP contribution < -0.4 is 5.32 Å². The molecule has 0 aliphatic carbocycles. The van der Waals surface area contributed by atoms with Crippen molar-refractivity contribution in [1.82, 2.24) is 5.32 Å². The second kappa shape index (κ2) is 3.32. The third kappa shape index (κ3) is 1.94. The van der Waals surface area contributed by atoms with Gasteiger partial charge in [0.25, 0.3) is 0 Å². The lowest BCUT2D eigenvalue weighted by Gasteiger charge is -2.13. The van der Waals surface area contributed by atoms with Crippen LogP contribution in [0.2, 0.25) is 0 Å². The molecular weight excluding hydrogens is 130 g/mol. The van der Waals surface area contributed by atoms with E-state index in [1.165, 1.54) is 0 Å². The minimum absolute atomic E-state index is 0.157. The molecule has 1 fully saturated rings. The summed E-state index contributed by atoms with van der Waals surface area (Å²) in [6.45, 7) is 5.25. The zero-order valence-corrected chi connectivity index (χ0v) is 6.50. The van der Waals surface area contributed by atoms with Crippen molar-refractivity contribution >= 4 is 0 Å². The molecule has 3 atom stereocenters. The van der Waals surface area contributed by atoms with Gasteiger partial charge < -0.3 is 15.2 Å². The molecule has 0 aromatic heterocycles. The summed E-state index contributed by atoms with van der Waals surface area (Å²) in [6, 6.07) is 0.157. The zero-order chi connectivity index (χ0) is 7.56. The van der Waals surface area contributed by atoms with Crippen LogP contribution in [0.15, 0.2) is 0 Å². The van der Waals surface area contributed by atoms with Gasteiger partial charge in [0.1, 0.15) is 0 Å². The molecule has 3 heteroatoms. The highest BCUT2D eigenvalue weighted by molar-refractivity contribution is 4.75. The highest BCUT2D eigenvalue weighted by Gasteiger charge is 2.19. The summed E-state index contributed by atoms with van der Waals surface area (Å²) in [5.41, 5.74) is 0. The molecule has 0 radical (unpaired) electrons. The standard InChI is InChI=1S/C7H15NO2/c1-5-3-8-6(2)7(9)4-10-5/h5-9H,3-4H2,1-2H3. The van der Waals surface area contributed by atoms with Gasteiger partial charge in [0, 0.05) is 12.6 Å². The quantitative estimate of drug-likeness (QED) is 0.493. The van der Waals surface area contributed by atoms with E-state index in [-0.39, 0.29) is 18.2 Å². The van der Waals surface area contributed by atoms with Crippen LogP contribution in [0.5, 0.6) is 0 Å². The van der Waals surface area contributed by atoms with Gasteiger partial charge in [-0.3, -0.25) is 0 Å². The van der Waals surface area contributed by atoms with Crippen LogP contribution in [0.4, 0.5) is 0 Å². The van der Waals surface area contributed by atoms with Crippen molar-refractivity contribution in [1.29, 1.82) is 0 Å². The van der Waals surface area contributed by atoms with E-state index in [9.17, 15) is 5.11 Å². The summed E-state index contributed by atoms with van der Waals surface area (Å²) in [6.07, 6.45) is -0.135. The third-order valence-electron chi connectivity index (χ3n) is 1.86. The first-order valence-corrected chi connectivity index (χ1v) is 3.73. The number of aliphatic hydroxyl groups excluding tert-OH is 1. The van der Waals surface area contributed by atoms with Crippen molar-refractivity contribution in [2.24, 2.45) is 0 Å². The van der Waals surface area contributed by atoms with Crippen molar-refractivity contribution in [2.45, 2.75) is 32.1 Å². The minimum atomic E-state index is -0.357. The average Bonchev–Trinajstić information content (AvgIpc) is 2.04. The Labute approximate surface area is 61.4 Å². The molecule has 0 aromatic rings. The Morgan fingerprint density at radius 2 is 2.20 bits per heavy atom. The topological polar surface area (TPSA) is 41.5 Å². The van der Waals surface area contributed by atoms with Crippen LogP contribution in [-0.4, -0.2) is 36.5 Å².